The summed E-state index contributed by atoms with van der Waals surface area (Å²) in [6.45, 7) is 8.46. The van der Waals surface area contributed by atoms with Gasteiger partial charge in [0.1, 0.15) is 0 Å². The summed E-state index contributed by atoms with van der Waals surface area (Å²) in [5.74, 6) is 0.792. The minimum Gasteiger partial charge on any atom is -0.351 e. The lowest BCUT2D eigenvalue weighted by molar-refractivity contribution is -0.124. The lowest BCUT2D eigenvalue weighted by Crippen LogP contribution is -2.50. The molecule has 0 aromatic heterocycles. The minimum atomic E-state index is 0.0360. The smallest absolute Gasteiger partial charge is 0.220 e. The largest absolute Gasteiger partial charge is 0.351 e. The second kappa shape index (κ2) is 5.50. The number of hydrogen-bond donors (Lipinski definition) is 2. The molecule has 0 aliphatic carbocycles. The van der Waals surface area contributed by atoms with Gasteiger partial charge in [-0.25, -0.2) is 0 Å². The Morgan fingerprint density at radius 2 is 1.80 bits per heavy atom. The Labute approximate surface area is 93.0 Å². The van der Waals surface area contributed by atoms with Crippen molar-refractivity contribution in [2.75, 3.05) is 13.1 Å². The van der Waals surface area contributed by atoms with Gasteiger partial charge in [0.05, 0.1) is 0 Å². The van der Waals surface area contributed by atoms with E-state index in [1.54, 1.807) is 0 Å². The fourth-order valence-corrected chi connectivity index (χ4v) is 2.12. The van der Waals surface area contributed by atoms with Crippen molar-refractivity contribution in [1.82, 2.24) is 10.6 Å². The van der Waals surface area contributed by atoms with Crippen LogP contribution in [0.4, 0.5) is 0 Å². The highest BCUT2D eigenvalue weighted by Gasteiger charge is 2.28. The average molecular weight is 212 g/mol. The van der Waals surface area contributed by atoms with Gasteiger partial charge in [-0.15, -0.1) is 0 Å². The zero-order chi connectivity index (χ0) is 11.3. The van der Waals surface area contributed by atoms with Gasteiger partial charge < -0.3 is 10.6 Å². The van der Waals surface area contributed by atoms with Gasteiger partial charge in [0.2, 0.25) is 5.91 Å². The van der Waals surface area contributed by atoms with Crippen LogP contribution in [-0.2, 0) is 4.79 Å². The topological polar surface area (TPSA) is 41.1 Å². The van der Waals surface area contributed by atoms with Crippen molar-refractivity contribution in [3.05, 3.63) is 0 Å². The molecule has 0 radical (unpaired) electrons. The van der Waals surface area contributed by atoms with Gasteiger partial charge in [-0.05, 0) is 38.3 Å². The first-order valence-electron chi connectivity index (χ1n) is 6.17. The molecule has 3 heteroatoms. The van der Waals surface area contributed by atoms with Gasteiger partial charge in [0.15, 0.2) is 0 Å². The van der Waals surface area contributed by atoms with Gasteiger partial charge in [-0.1, -0.05) is 20.8 Å². The fourth-order valence-electron chi connectivity index (χ4n) is 2.12. The van der Waals surface area contributed by atoms with Crippen molar-refractivity contribution in [3.8, 4) is 0 Å². The summed E-state index contributed by atoms with van der Waals surface area (Å²) < 4.78 is 0. The second-order valence-electron chi connectivity index (χ2n) is 4.62. The van der Waals surface area contributed by atoms with Crippen molar-refractivity contribution in [3.63, 3.8) is 0 Å². The zero-order valence-electron chi connectivity index (χ0n) is 10.2. The number of nitrogens with one attached hydrogen (secondary N) is 2. The Morgan fingerprint density at radius 3 is 2.13 bits per heavy atom. The maximum absolute atomic E-state index is 11.8. The molecule has 1 amide bonds. The van der Waals surface area contributed by atoms with Crippen LogP contribution in [0.15, 0.2) is 0 Å². The Morgan fingerprint density at radius 1 is 1.27 bits per heavy atom. The molecular weight excluding hydrogens is 188 g/mol. The molecule has 2 N–H and O–H groups in total. The maximum Gasteiger partial charge on any atom is 0.220 e. The minimum absolute atomic E-state index is 0.0360. The molecule has 1 rings (SSSR count). The molecule has 1 heterocycles. The molecule has 88 valence electrons. The van der Waals surface area contributed by atoms with Gasteiger partial charge in [-0.2, -0.15) is 0 Å². The van der Waals surface area contributed by atoms with Crippen LogP contribution in [0.25, 0.3) is 0 Å². The van der Waals surface area contributed by atoms with Crippen molar-refractivity contribution in [2.24, 2.45) is 5.92 Å². The quantitative estimate of drug-likeness (QED) is 0.703. The highest BCUT2D eigenvalue weighted by molar-refractivity contribution is 5.77. The van der Waals surface area contributed by atoms with Gasteiger partial charge >= 0.3 is 0 Å². The highest BCUT2D eigenvalue weighted by atomic mass is 16.1. The molecule has 0 bridgehead atoms. The summed E-state index contributed by atoms with van der Waals surface area (Å²) in [4.78, 5) is 11.8. The summed E-state index contributed by atoms with van der Waals surface area (Å²) in [5, 5.41) is 6.40. The molecule has 1 fully saturated rings. The van der Waals surface area contributed by atoms with Gasteiger partial charge in [0, 0.05) is 12.0 Å². The van der Waals surface area contributed by atoms with Crippen molar-refractivity contribution in [1.29, 1.82) is 0 Å². The first-order chi connectivity index (χ1) is 7.15. The van der Waals surface area contributed by atoms with E-state index in [2.05, 4.69) is 31.4 Å². The van der Waals surface area contributed by atoms with Gasteiger partial charge in [-0.3, -0.25) is 4.79 Å². The summed E-state index contributed by atoms with van der Waals surface area (Å²) in [5.41, 5.74) is 0.0360. The zero-order valence-corrected chi connectivity index (χ0v) is 10.2. The molecule has 15 heavy (non-hydrogen) atoms. The number of rotatable bonds is 6. The van der Waals surface area contributed by atoms with E-state index in [9.17, 15) is 4.79 Å². The van der Waals surface area contributed by atoms with E-state index in [1.165, 1.54) is 0 Å². The molecule has 0 saturated carbocycles. The maximum atomic E-state index is 11.8. The van der Waals surface area contributed by atoms with E-state index in [1.807, 2.05) is 0 Å². The second-order valence-corrected chi connectivity index (χ2v) is 4.62. The number of amides is 1. The summed E-state index contributed by atoms with van der Waals surface area (Å²) >= 11 is 0. The van der Waals surface area contributed by atoms with Crippen LogP contribution in [0.1, 0.15) is 46.5 Å². The van der Waals surface area contributed by atoms with Crippen LogP contribution in [0.5, 0.6) is 0 Å². The van der Waals surface area contributed by atoms with Crippen LogP contribution in [-0.4, -0.2) is 24.5 Å². The third-order valence-electron chi connectivity index (χ3n) is 3.78. The molecule has 1 saturated heterocycles. The highest BCUT2D eigenvalue weighted by Crippen LogP contribution is 2.20. The Bertz CT molecular complexity index is 199. The molecule has 0 atom stereocenters. The first-order valence-corrected chi connectivity index (χ1v) is 6.17. The Kier molecular flexibility index (Phi) is 4.58. The molecule has 1 aliphatic rings. The monoisotopic (exact) mass is 212 g/mol. The predicted molar refractivity (Wildman–Crippen MR) is 62.7 cm³/mol. The normalized spacial score (nSPS) is 17.3. The standard InChI is InChI=1S/C12H24N2O/c1-4-12(5-2,6-3)14-11(15)7-10-8-13-9-10/h10,13H,4-9H2,1-3H3,(H,14,15). The number of carbonyl (C=O) groups is 1. The van der Waals surface area contributed by atoms with Crippen molar-refractivity contribution >= 4 is 5.91 Å². The molecule has 3 nitrogen and oxygen atoms in total. The average Bonchev–Trinajstić information content (AvgIpc) is 2.20. The lowest BCUT2D eigenvalue weighted by atomic mass is 9.89. The third-order valence-corrected chi connectivity index (χ3v) is 3.78. The lowest BCUT2D eigenvalue weighted by Gasteiger charge is -2.34. The van der Waals surface area contributed by atoms with E-state index in [0.29, 0.717) is 12.3 Å². The fraction of sp³-hybridized carbons (Fsp3) is 0.917. The van der Waals surface area contributed by atoms with Crippen molar-refractivity contribution in [2.45, 2.75) is 52.0 Å². The first kappa shape index (κ1) is 12.5. The molecule has 0 aromatic carbocycles. The molecule has 0 spiro atoms. The van der Waals surface area contributed by atoms with E-state index in [-0.39, 0.29) is 11.4 Å². The van der Waals surface area contributed by atoms with E-state index >= 15 is 0 Å². The summed E-state index contributed by atoms with van der Waals surface area (Å²) in [6, 6.07) is 0. The molecule has 1 aliphatic heterocycles. The third kappa shape index (κ3) is 3.20. The van der Waals surface area contributed by atoms with Crippen LogP contribution in [0.2, 0.25) is 0 Å². The van der Waals surface area contributed by atoms with Crippen LogP contribution in [0, 0.1) is 5.92 Å². The predicted octanol–water partition coefficient (Wildman–Crippen LogP) is 1.68. The van der Waals surface area contributed by atoms with Crippen LogP contribution in [0.3, 0.4) is 0 Å². The Hall–Kier alpha value is -0.570. The number of carbonyl (C=O) groups excluding carboxylic acids is 1. The summed E-state index contributed by atoms with van der Waals surface area (Å²) in [6.07, 6.45) is 3.76. The van der Waals surface area contributed by atoms with Gasteiger partial charge in [0.25, 0.3) is 0 Å². The number of hydrogen-bond acceptors (Lipinski definition) is 2. The Balaban J connectivity index is 2.38. The van der Waals surface area contributed by atoms with E-state index < -0.39 is 0 Å². The summed E-state index contributed by atoms with van der Waals surface area (Å²) in [7, 11) is 0. The molecular formula is C12H24N2O. The van der Waals surface area contributed by atoms with Crippen LogP contribution < -0.4 is 10.6 Å². The molecule has 0 unspecified atom stereocenters. The molecule has 0 aromatic rings. The van der Waals surface area contributed by atoms with Crippen molar-refractivity contribution < 1.29 is 4.79 Å². The SMILES string of the molecule is CCC(CC)(CC)NC(=O)CC1CNC1. The van der Waals surface area contributed by atoms with E-state index in [4.69, 9.17) is 0 Å². The van der Waals surface area contributed by atoms with Crippen LogP contribution >= 0.6 is 0 Å². The van der Waals surface area contributed by atoms with E-state index in [0.717, 1.165) is 32.4 Å².